The molecule has 4 nitrogen and oxygen atoms in total. The Labute approximate surface area is 121 Å². The number of carboxylic acids is 1. The Morgan fingerprint density at radius 2 is 2.21 bits per heavy atom. The van der Waals surface area contributed by atoms with E-state index in [1.165, 1.54) is 11.3 Å². The van der Waals surface area contributed by atoms with Gasteiger partial charge in [-0.15, -0.1) is 11.3 Å². The van der Waals surface area contributed by atoms with Crippen molar-refractivity contribution in [2.75, 3.05) is 13.1 Å². The molecule has 0 saturated carbocycles. The molecule has 1 fully saturated rings. The van der Waals surface area contributed by atoms with Crippen LogP contribution >= 0.6 is 22.9 Å². The summed E-state index contributed by atoms with van der Waals surface area (Å²) in [7, 11) is 0. The van der Waals surface area contributed by atoms with Gasteiger partial charge in [0, 0.05) is 18.0 Å². The summed E-state index contributed by atoms with van der Waals surface area (Å²) in [6.07, 6.45) is 0.945. The Hall–Kier alpha value is -1.07. The van der Waals surface area contributed by atoms with Crippen LogP contribution in [-0.4, -0.2) is 35.0 Å². The summed E-state index contributed by atoms with van der Waals surface area (Å²) < 4.78 is 0.665. The minimum absolute atomic E-state index is 0.0173. The van der Waals surface area contributed by atoms with Crippen LogP contribution in [0.5, 0.6) is 0 Å². The van der Waals surface area contributed by atoms with Gasteiger partial charge in [-0.1, -0.05) is 18.5 Å². The maximum Gasteiger partial charge on any atom is 0.308 e. The van der Waals surface area contributed by atoms with Crippen LogP contribution in [0, 0.1) is 11.8 Å². The molecule has 2 heterocycles. The van der Waals surface area contributed by atoms with Crippen LogP contribution < -0.4 is 0 Å². The molecule has 1 aromatic heterocycles. The molecular weight excluding hydrogens is 286 g/mol. The van der Waals surface area contributed by atoms with Gasteiger partial charge in [0.1, 0.15) is 0 Å². The third-order valence-corrected chi connectivity index (χ3v) is 4.55. The third-order valence-electron chi connectivity index (χ3n) is 3.32. The number of likely N-dealkylation sites (tertiary alicyclic amines) is 1. The van der Waals surface area contributed by atoms with Crippen LogP contribution in [0.2, 0.25) is 4.34 Å². The molecule has 1 N–H and O–H groups in total. The quantitative estimate of drug-likeness (QED) is 0.933. The number of hydrogen-bond acceptors (Lipinski definition) is 3. The minimum Gasteiger partial charge on any atom is -0.481 e. The second-order valence-electron chi connectivity index (χ2n) is 5.06. The van der Waals surface area contributed by atoms with Gasteiger partial charge in [0.2, 0.25) is 5.91 Å². The van der Waals surface area contributed by atoms with Crippen LogP contribution in [-0.2, 0) is 16.0 Å². The first-order valence-corrected chi connectivity index (χ1v) is 7.40. The van der Waals surface area contributed by atoms with E-state index in [0.29, 0.717) is 30.3 Å². The molecule has 1 amide bonds. The SMILES string of the molecule is CC1CC(C(=O)O)CN(C(=O)Cc2ccc(Cl)s2)C1. The number of halogens is 1. The Balaban J connectivity index is 2.00. The van der Waals surface area contributed by atoms with Gasteiger partial charge in [-0.2, -0.15) is 0 Å². The van der Waals surface area contributed by atoms with Crippen LogP contribution in [0.25, 0.3) is 0 Å². The molecule has 1 aromatic rings. The Morgan fingerprint density at radius 3 is 2.79 bits per heavy atom. The van der Waals surface area contributed by atoms with Crippen LogP contribution in [0.3, 0.4) is 0 Å². The van der Waals surface area contributed by atoms with E-state index < -0.39 is 11.9 Å². The lowest BCUT2D eigenvalue weighted by atomic mass is 9.90. The van der Waals surface area contributed by atoms with Crippen molar-refractivity contribution in [1.29, 1.82) is 0 Å². The van der Waals surface area contributed by atoms with Crippen molar-refractivity contribution in [2.45, 2.75) is 19.8 Å². The van der Waals surface area contributed by atoms with Gasteiger partial charge in [-0.25, -0.2) is 0 Å². The molecule has 19 heavy (non-hydrogen) atoms. The maximum absolute atomic E-state index is 12.2. The van der Waals surface area contributed by atoms with Gasteiger partial charge in [0.25, 0.3) is 0 Å². The maximum atomic E-state index is 12.2. The fourth-order valence-corrected chi connectivity index (χ4v) is 3.52. The number of carboxylic acid groups (broad SMARTS) is 1. The number of hydrogen-bond donors (Lipinski definition) is 1. The zero-order valence-corrected chi connectivity index (χ0v) is 12.2. The summed E-state index contributed by atoms with van der Waals surface area (Å²) in [6, 6.07) is 3.61. The van der Waals surface area contributed by atoms with Gasteiger partial charge in [-0.3, -0.25) is 9.59 Å². The summed E-state index contributed by atoms with van der Waals surface area (Å²) in [5.41, 5.74) is 0. The van der Waals surface area contributed by atoms with E-state index in [1.54, 1.807) is 11.0 Å². The molecule has 2 rings (SSSR count). The number of aliphatic carboxylic acids is 1. The van der Waals surface area contributed by atoms with Crippen molar-refractivity contribution in [3.8, 4) is 0 Å². The fraction of sp³-hybridized carbons (Fsp3) is 0.538. The number of nitrogens with zero attached hydrogens (tertiary/aromatic N) is 1. The van der Waals surface area contributed by atoms with Crippen molar-refractivity contribution in [1.82, 2.24) is 4.90 Å². The first-order chi connectivity index (χ1) is 8.95. The van der Waals surface area contributed by atoms with E-state index in [0.717, 1.165) is 4.88 Å². The average Bonchev–Trinajstić information content (AvgIpc) is 2.73. The highest BCUT2D eigenvalue weighted by molar-refractivity contribution is 7.16. The van der Waals surface area contributed by atoms with Gasteiger partial charge in [0.15, 0.2) is 0 Å². The molecule has 0 aromatic carbocycles. The summed E-state index contributed by atoms with van der Waals surface area (Å²) in [6.45, 7) is 2.94. The largest absolute Gasteiger partial charge is 0.481 e. The van der Waals surface area contributed by atoms with Crippen LogP contribution in [0.4, 0.5) is 0 Å². The highest BCUT2D eigenvalue weighted by atomic mass is 35.5. The van der Waals surface area contributed by atoms with E-state index in [1.807, 2.05) is 13.0 Å². The predicted molar refractivity (Wildman–Crippen MR) is 74.5 cm³/mol. The summed E-state index contributed by atoms with van der Waals surface area (Å²) >= 11 is 7.22. The third kappa shape index (κ3) is 3.70. The van der Waals surface area contributed by atoms with E-state index >= 15 is 0 Å². The highest BCUT2D eigenvalue weighted by Crippen LogP contribution is 2.25. The molecular formula is C13H16ClNO3S. The molecule has 0 bridgehead atoms. The van der Waals surface area contributed by atoms with Crippen molar-refractivity contribution < 1.29 is 14.7 Å². The molecule has 6 heteroatoms. The van der Waals surface area contributed by atoms with Crippen molar-refractivity contribution in [2.24, 2.45) is 11.8 Å². The zero-order chi connectivity index (χ0) is 14.0. The van der Waals surface area contributed by atoms with E-state index in [-0.39, 0.29) is 11.8 Å². The summed E-state index contributed by atoms with van der Waals surface area (Å²) in [5.74, 6) is -1.05. The smallest absolute Gasteiger partial charge is 0.308 e. The van der Waals surface area contributed by atoms with Gasteiger partial charge >= 0.3 is 5.97 Å². The van der Waals surface area contributed by atoms with Gasteiger partial charge < -0.3 is 10.0 Å². The van der Waals surface area contributed by atoms with Crippen molar-refractivity contribution in [3.05, 3.63) is 21.3 Å². The minimum atomic E-state index is -0.816. The van der Waals surface area contributed by atoms with E-state index in [2.05, 4.69) is 0 Å². The number of rotatable bonds is 3. The second kappa shape index (κ2) is 5.92. The standard InChI is InChI=1S/C13H16ClNO3S/c1-8-4-9(13(17)18)7-15(6-8)12(16)5-10-2-3-11(14)19-10/h2-3,8-9H,4-7H2,1H3,(H,17,18). The number of carbonyl (C=O) groups is 2. The molecule has 0 spiro atoms. The van der Waals surface area contributed by atoms with Gasteiger partial charge in [0.05, 0.1) is 16.7 Å². The van der Waals surface area contributed by atoms with E-state index in [9.17, 15) is 9.59 Å². The van der Waals surface area contributed by atoms with E-state index in [4.69, 9.17) is 16.7 Å². The Kier molecular flexibility index (Phi) is 4.47. The van der Waals surface area contributed by atoms with Crippen molar-refractivity contribution >= 4 is 34.8 Å². The average molecular weight is 302 g/mol. The highest BCUT2D eigenvalue weighted by Gasteiger charge is 2.31. The first-order valence-electron chi connectivity index (χ1n) is 6.20. The topological polar surface area (TPSA) is 57.6 Å². The second-order valence-corrected chi connectivity index (χ2v) is 6.86. The normalized spacial score (nSPS) is 23.4. The number of carbonyl (C=O) groups excluding carboxylic acids is 1. The fourth-order valence-electron chi connectivity index (χ4n) is 2.44. The lowest BCUT2D eigenvalue weighted by molar-refractivity contribution is -0.146. The monoisotopic (exact) mass is 301 g/mol. The molecule has 1 saturated heterocycles. The Morgan fingerprint density at radius 1 is 1.47 bits per heavy atom. The summed E-state index contributed by atoms with van der Waals surface area (Å²) in [5, 5.41) is 9.10. The van der Waals surface area contributed by atoms with Crippen molar-refractivity contribution in [3.63, 3.8) is 0 Å². The zero-order valence-electron chi connectivity index (χ0n) is 10.6. The molecule has 1 aliphatic rings. The molecule has 2 atom stereocenters. The Bertz CT molecular complexity index is 488. The predicted octanol–water partition coefficient (Wildman–Crippen LogP) is 2.51. The molecule has 104 valence electrons. The molecule has 2 unspecified atom stereocenters. The lowest BCUT2D eigenvalue weighted by Gasteiger charge is -2.34. The van der Waals surface area contributed by atoms with Crippen LogP contribution in [0.1, 0.15) is 18.2 Å². The molecule has 0 radical (unpaired) electrons. The van der Waals surface area contributed by atoms with Gasteiger partial charge in [-0.05, 0) is 24.5 Å². The summed E-state index contributed by atoms with van der Waals surface area (Å²) in [4.78, 5) is 25.8. The number of thiophene rings is 1. The lowest BCUT2D eigenvalue weighted by Crippen LogP contribution is -2.46. The molecule has 1 aliphatic heterocycles. The molecule has 0 aliphatic carbocycles. The van der Waals surface area contributed by atoms with Crippen LogP contribution in [0.15, 0.2) is 12.1 Å². The number of piperidine rings is 1. The first kappa shape index (κ1) is 14.3. The number of amides is 1.